The number of esters is 2. The van der Waals surface area contributed by atoms with E-state index in [1.165, 1.54) is 0 Å². The van der Waals surface area contributed by atoms with Crippen LogP contribution in [0.3, 0.4) is 0 Å². The van der Waals surface area contributed by atoms with Crippen LogP contribution in [-0.4, -0.2) is 99.2 Å². The van der Waals surface area contributed by atoms with Crippen molar-refractivity contribution in [1.29, 1.82) is 0 Å². The fourth-order valence-corrected chi connectivity index (χ4v) is 6.01. The quantitative estimate of drug-likeness (QED) is 0.164. The second kappa shape index (κ2) is 11.2. The number of rotatable bonds is 7. The van der Waals surface area contributed by atoms with Crippen molar-refractivity contribution in [1.82, 2.24) is 0 Å². The highest BCUT2D eigenvalue weighted by Gasteiger charge is 2.58. The fraction of sp³-hybridized carbons (Fsp3) is 0.704. The monoisotopic (exact) mass is 538 g/mol. The first-order valence-corrected chi connectivity index (χ1v) is 13.0. The summed E-state index contributed by atoms with van der Waals surface area (Å²) in [4.78, 5) is 25.3. The molecule has 2 saturated heterocycles. The molecule has 4 rings (SSSR count). The lowest BCUT2D eigenvalue weighted by atomic mass is 9.81. The van der Waals surface area contributed by atoms with Gasteiger partial charge >= 0.3 is 11.9 Å². The third kappa shape index (κ3) is 4.97. The van der Waals surface area contributed by atoms with E-state index >= 15 is 0 Å². The molecule has 0 radical (unpaired) electrons. The van der Waals surface area contributed by atoms with Crippen LogP contribution in [0.5, 0.6) is 0 Å². The van der Waals surface area contributed by atoms with Gasteiger partial charge in [0.1, 0.15) is 36.6 Å². The molecule has 0 aromatic carbocycles. The molecule has 2 saturated carbocycles. The topological polar surface area (TPSA) is 172 Å². The maximum absolute atomic E-state index is 12.7. The van der Waals surface area contributed by atoms with E-state index in [0.717, 1.165) is 0 Å². The van der Waals surface area contributed by atoms with Crippen LogP contribution in [0.4, 0.5) is 0 Å². The first kappa shape index (κ1) is 28.9. The summed E-state index contributed by atoms with van der Waals surface area (Å²) in [6.07, 6.45) is -9.64. The van der Waals surface area contributed by atoms with Crippen molar-refractivity contribution in [2.24, 2.45) is 23.7 Å². The van der Waals surface area contributed by atoms with Crippen molar-refractivity contribution in [3.8, 4) is 0 Å². The number of carbonyl (C=O) groups is 2. The molecule has 5 N–H and O–H groups in total. The number of hydrogen-bond acceptors (Lipinski definition) is 11. The molecule has 212 valence electrons. The Hall–Kier alpha value is -2.12. The van der Waals surface area contributed by atoms with Gasteiger partial charge in [-0.3, -0.25) is 0 Å². The molecule has 4 fully saturated rings. The smallest absolute Gasteiger partial charge is 0.335 e. The van der Waals surface area contributed by atoms with E-state index in [1.54, 1.807) is 6.92 Å². The predicted octanol–water partition coefficient (Wildman–Crippen LogP) is -0.260. The molecule has 13 atom stereocenters. The Labute approximate surface area is 221 Å². The van der Waals surface area contributed by atoms with Crippen LogP contribution in [0, 0.1) is 23.7 Å². The van der Waals surface area contributed by atoms with E-state index in [-0.39, 0.29) is 23.8 Å². The Morgan fingerprint density at radius 3 is 2.45 bits per heavy atom. The van der Waals surface area contributed by atoms with Gasteiger partial charge in [-0.1, -0.05) is 45.6 Å². The van der Waals surface area contributed by atoms with Crippen LogP contribution in [0.2, 0.25) is 0 Å². The van der Waals surface area contributed by atoms with Crippen molar-refractivity contribution >= 4 is 11.9 Å². The number of hydrogen-bond donors (Lipinski definition) is 5. The van der Waals surface area contributed by atoms with Gasteiger partial charge in [-0.25, -0.2) is 9.59 Å². The maximum atomic E-state index is 12.7. The Morgan fingerprint density at radius 2 is 1.82 bits per heavy atom. The fourth-order valence-electron chi connectivity index (χ4n) is 6.01. The molecule has 11 heteroatoms. The van der Waals surface area contributed by atoms with Crippen LogP contribution in [0.25, 0.3) is 0 Å². The zero-order valence-electron chi connectivity index (χ0n) is 21.6. The van der Waals surface area contributed by atoms with Gasteiger partial charge in [0, 0.05) is 17.9 Å². The van der Waals surface area contributed by atoms with Gasteiger partial charge in [-0.2, -0.15) is 0 Å². The molecular weight excluding hydrogens is 500 g/mol. The highest BCUT2D eigenvalue weighted by Crippen LogP contribution is 2.53. The number of fused-ring (bicyclic) bond motifs is 3. The van der Waals surface area contributed by atoms with Crippen molar-refractivity contribution in [3.05, 3.63) is 36.5 Å². The second-order valence-electron chi connectivity index (χ2n) is 10.9. The average molecular weight is 539 g/mol. The standard InChI is InChI=1S/C27H38O11/c1-6-10(2)20(29)26(34)35-16-7-11(3)14-8-15(12(4)18(14)24-19(16)13(5)25(33)38-24)36-27-23(32)22(31)21(30)17(9-28)37-27/h10,14-24,27-32H,3-9H2,1-2H3/t10-,14-,15-,16+,17+,18-,19+,20-,21+,22-,23+,24+,27+/m0/s1. The first-order valence-electron chi connectivity index (χ1n) is 13.0. The third-order valence-corrected chi connectivity index (χ3v) is 8.59. The van der Waals surface area contributed by atoms with Crippen molar-refractivity contribution < 1.29 is 54.1 Å². The van der Waals surface area contributed by atoms with E-state index in [0.29, 0.717) is 24.0 Å². The number of carbonyl (C=O) groups excluding carboxylic acids is 2. The molecule has 0 aromatic rings. The van der Waals surface area contributed by atoms with Crippen LogP contribution >= 0.6 is 0 Å². The van der Waals surface area contributed by atoms with Crippen LogP contribution in [0.15, 0.2) is 36.5 Å². The van der Waals surface area contributed by atoms with Crippen molar-refractivity contribution in [2.75, 3.05) is 6.61 Å². The number of aliphatic hydroxyl groups excluding tert-OH is 5. The van der Waals surface area contributed by atoms with Gasteiger partial charge in [-0.15, -0.1) is 0 Å². The molecular formula is C27H38O11. The highest BCUT2D eigenvalue weighted by molar-refractivity contribution is 5.91. The minimum Gasteiger partial charge on any atom is -0.459 e. The van der Waals surface area contributed by atoms with Crippen LogP contribution in [0.1, 0.15) is 33.1 Å². The minimum absolute atomic E-state index is 0.158. The molecule has 2 heterocycles. The molecule has 0 unspecified atom stereocenters. The molecule has 2 aliphatic heterocycles. The zero-order valence-corrected chi connectivity index (χ0v) is 21.6. The Bertz CT molecular complexity index is 976. The van der Waals surface area contributed by atoms with Crippen LogP contribution < -0.4 is 0 Å². The summed E-state index contributed by atoms with van der Waals surface area (Å²) in [5.41, 5.74) is 1.41. The highest BCUT2D eigenvalue weighted by atomic mass is 16.7. The van der Waals surface area contributed by atoms with E-state index < -0.39 is 85.5 Å². The zero-order chi connectivity index (χ0) is 28.0. The maximum Gasteiger partial charge on any atom is 0.335 e. The summed E-state index contributed by atoms with van der Waals surface area (Å²) >= 11 is 0. The molecule has 11 nitrogen and oxygen atoms in total. The Morgan fingerprint density at radius 1 is 1.13 bits per heavy atom. The molecule has 0 amide bonds. The lowest BCUT2D eigenvalue weighted by molar-refractivity contribution is -0.308. The summed E-state index contributed by atoms with van der Waals surface area (Å²) < 4.78 is 23.0. The lowest BCUT2D eigenvalue weighted by Gasteiger charge is -2.40. The van der Waals surface area contributed by atoms with E-state index in [4.69, 9.17) is 18.9 Å². The summed E-state index contributed by atoms with van der Waals surface area (Å²) in [5.74, 6) is -3.14. The number of ether oxygens (including phenoxy) is 4. The molecule has 2 aliphatic carbocycles. The molecule has 4 aliphatic rings. The molecule has 0 spiro atoms. The summed E-state index contributed by atoms with van der Waals surface area (Å²) in [6, 6.07) is 0. The lowest BCUT2D eigenvalue weighted by Crippen LogP contribution is -2.59. The van der Waals surface area contributed by atoms with Crippen LogP contribution in [-0.2, 0) is 28.5 Å². The predicted molar refractivity (Wildman–Crippen MR) is 131 cm³/mol. The average Bonchev–Trinajstić information content (AvgIpc) is 3.33. The SMILES string of the molecule is C=C1C(=O)O[C@@H]2[C@H]3C(=C)[C@@H](O[C@@H]4O[C@H](CO)[C@@H](O)[C@H](O)[C@H]4O)C[C@H]3C(=C)C[C@@H](OC(=O)[C@@H](O)[C@@H](C)CC)[C@@H]12. The molecule has 0 bridgehead atoms. The second-order valence-corrected chi connectivity index (χ2v) is 10.9. The van der Waals surface area contributed by atoms with Gasteiger partial charge in [0.15, 0.2) is 12.4 Å². The van der Waals surface area contributed by atoms with Gasteiger partial charge < -0.3 is 44.5 Å². The first-order chi connectivity index (χ1) is 17.9. The normalized spacial score (nSPS) is 42.7. The van der Waals surface area contributed by atoms with Gasteiger partial charge in [0.2, 0.25) is 0 Å². The van der Waals surface area contributed by atoms with Gasteiger partial charge in [0.25, 0.3) is 0 Å². The minimum atomic E-state index is -1.59. The van der Waals surface area contributed by atoms with E-state index in [2.05, 4.69) is 19.7 Å². The van der Waals surface area contributed by atoms with E-state index in [1.807, 2.05) is 6.92 Å². The third-order valence-electron chi connectivity index (χ3n) is 8.59. The van der Waals surface area contributed by atoms with Gasteiger partial charge in [0.05, 0.1) is 18.6 Å². The largest absolute Gasteiger partial charge is 0.459 e. The summed E-state index contributed by atoms with van der Waals surface area (Å²) in [5, 5.41) is 50.5. The summed E-state index contributed by atoms with van der Waals surface area (Å²) in [7, 11) is 0. The van der Waals surface area contributed by atoms with Crippen molar-refractivity contribution in [3.63, 3.8) is 0 Å². The van der Waals surface area contributed by atoms with Gasteiger partial charge in [-0.05, 0) is 23.8 Å². The number of aliphatic hydroxyl groups is 5. The van der Waals surface area contributed by atoms with E-state index in [9.17, 15) is 35.1 Å². The molecule has 0 aromatic heterocycles. The molecule has 38 heavy (non-hydrogen) atoms. The van der Waals surface area contributed by atoms with Crippen molar-refractivity contribution in [2.45, 2.75) is 88.2 Å². The Balaban J connectivity index is 1.55. The summed E-state index contributed by atoms with van der Waals surface area (Å²) in [6.45, 7) is 15.3. The Kier molecular flexibility index (Phi) is 8.49.